The smallest absolute Gasteiger partial charge is 0.255 e. The summed E-state index contributed by atoms with van der Waals surface area (Å²) in [6.07, 6.45) is 6.13. The number of benzene rings is 1. The molecule has 1 unspecified atom stereocenters. The zero-order valence-corrected chi connectivity index (χ0v) is 13.5. The summed E-state index contributed by atoms with van der Waals surface area (Å²) in [6.45, 7) is 3.32. The van der Waals surface area contributed by atoms with E-state index in [-0.39, 0.29) is 5.91 Å². The Morgan fingerprint density at radius 3 is 3.00 bits per heavy atom. The van der Waals surface area contributed by atoms with Crippen molar-refractivity contribution in [1.29, 1.82) is 0 Å². The fraction of sp³-hybridized carbons (Fsp3) is 0.562. The minimum atomic E-state index is -0.0370. The van der Waals surface area contributed by atoms with Crippen LogP contribution in [0.1, 0.15) is 59.8 Å². The van der Waals surface area contributed by atoms with E-state index in [4.69, 9.17) is 4.74 Å². The summed E-state index contributed by atoms with van der Waals surface area (Å²) in [4.78, 5) is 12.3. The largest absolute Gasteiger partial charge is 0.491 e. The molecular weight excluding hydrogens is 318 g/mol. The molecule has 1 aliphatic rings. The number of nitrogens with one attached hydrogen (secondary N) is 1. The number of carbonyl (C=O) groups excluding carboxylic acids is 1. The van der Waals surface area contributed by atoms with E-state index in [1.807, 2.05) is 12.1 Å². The van der Waals surface area contributed by atoms with Gasteiger partial charge in [0.25, 0.3) is 5.91 Å². The van der Waals surface area contributed by atoms with E-state index in [1.165, 1.54) is 25.7 Å². The first-order valence-corrected chi connectivity index (χ1v) is 8.33. The Bertz CT molecular complexity index is 462. The van der Waals surface area contributed by atoms with Gasteiger partial charge in [-0.15, -0.1) is 0 Å². The van der Waals surface area contributed by atoms with Crippen LogP contribution in [-0.4, -0.2) is 19.1 Å². The Morgan fingerprint density at radius 1 is 1.35 bits per heavy atom. The molecule has 4 heteroatoms. The van der Waals surface area contributed by atoms with Crippen molar-refractivity contribution in [1.82, 2.24) is 5.32 Å². The molecular formula is C16H22BrNO2. The zero-order chi connectivity index (χ0) is 14.4. The predicted octanol–water partition coefficient (Wildman–Crippen LogP) is 4.22. The second kappa shape index (κ2) is 7.67. The highest BCUT2D eigenvalue weighted by Gasteiger charge is 2.18. The van der Waals surface area contributed by atoms with Crippen molar-refractivity contribution in [3.05, 3.63) is 29.3 Å². The fourth-order valence-electron chi connectivity index (χ4n) is 2.38. The third-order valence-corrected chi connectivity index (χ3v) is 4.55. The highest BCUT2D eigenvalue weighted by molar-refractivity contribution is 9.09. The number of alkyl halides is 1. The molecule has 0 radical (unpaired) electrons. The second-order valence-corrected chi connectivity index (χ2v) is 6.28. The van der Waals surface area contributed by atoms with Crippen molar-refractivity contribution < 1.29 is 9.53 Å². The maximum Gasteiger partial charge on any atom is 0.255 e. The predicted molar refractivity (Wildman–Crippen MR) is 84.7 cm³/mol. The summed E-state index contributed by atoms with van der Waals surface area (Å²) < 4.78 is 5.57. The lowest BCUT2D eigenvalue weighted by Gasteiger charge is -2.13. The maximum atomic E-state index is 12.0. The molecule has 3 nitrogen and oxygen atoms in total. The van der Waals surface area contributed by atoms with E-state index in [0.717, 1.165) is 12.0 Å². The van der Waals surface area contributed by atoms with Crippen LogP contribution < -0.4 is 10.1 Å². The topological polar surface area (TPSA) is 38.3 Å². The van der Waals surface area contributed by atoms with Gasteiger partial charge >= 0.3 is 0 Å². The van der Waals surface area contributed by atoms with E-state index < -0.39 is 0 Å². The summed E-state index contributed by atoms with van der Waals surface area (Å²) >= 11 is 3.73. The van der Waals surface area contributed by atoms with Crippen LogP contribution in [0.5, 0.6) is 5.75 Å². The summed E-state index contributed by atoms with van der Waals surface area (Å²) in [5, 5.41) is 2.85. The molecule has 110 valence electrons. The molecule has 0 saturated carbocycles. The first kappa shape index (κ1) is 15.4. The van der Waals surface area contributed by atoms with E-state index in [9.17, 15) is 4.79 Å². The summed E-state index contributed by atoms with van der Waals surface area (Å²) in [7, 11) is 0. The van der Waals surface area contributed by atoms with Gasteiger partial charge in [-0.3, -0.25) is 4.79 Å². The molecule has 1 aromatic carbocycles. The van der Waals surface area contributed by atoms with Crippen LogP contribution in [0.3, 0.4) is 0 Å². The van der Waals surface area contributed by atoms with Crippen molar-refractivity contribution in [3.63, 3.8) is 0 Å². The van der Waals surface area contributed by atoms with Crippen molar-refractivity contribution in [3.8, 4) is 5.75 Å². The van der Waals surface area contributed by atoms with Gasteiger partial charge in [-0.2, -0.15) is 0 Å². The van der Waals surface area contributed by atoms with Gasteiger partial charge in [0, 0.05) is 4.83 Å². The normalized spacial score (nSPS) is 15.8. The second-order valence-electron chi connectivity index (χ2n) is 5.18. The van der Waals surface area contributed by atoms with Gasteiger partial charge in [0.05, 0.1) is 12.1 Å². The van der Waals surface area contributed by atoms with Crippen LogP contribution in [0.2, 0.25) is 0 Å². The molecule has 2 rings (SSSR count). The van der Waals surface area contributed by atoms with Gasteiger partial charge in [0.15, 0.2) is 0 Å². The molecule has 1 atom stereocenters. The summed E-state index contributed by atoms with van der Waals surface area (Å²) in [6, 6.07) is 5.92. The number of hydrogen-bond acceptors (Lipinski definition) is 2. The van der Waals surface area contributed by atoms with Gasteiger partial charge in [-0.05, 0) is 24.1 Å². The van der Waals surface area contributed by atoms with E-state index in [0.29, 0.717) is 29.3 Å². The van der Waals surface area contributed by atoms with Gasteiger partial charge < -0.3 is 10.1 Å². The lowest BCUT2D eigenvalue weighted by atomic mass is 10.0. The zero-order valence-electron chi connectivity index (χ0n) is 12.0. The van der Waals surface area contributed by atoms with Crippen LogP contribution in [0.25, 0.3) is 0 Å². The number of halogens is 1. The molecule has 0 bridgehead atoms. The van der Waals surface area contributed by atoms with Crippen molar-refractivity contribution in [2.24, 2.45) is 0 Å². The maximum absolute atomic E-state index is 12.0. The third kappa shape index (κ3) is 3.98. The van der Waals surface area contributed by atoms with Crippen LogP contribution in [0.15, 0.2) is 18.2 Å². The number of carbonyl (C=O) groups is 1. The fourth-order valence-corrected chi connectivity index (χ4v) is 2.99. The SMILES string of the molecule is CCCCCCC(Br)c1ccc2c(c1)C(=O)NCCO2. The van der Waals surface area contributed by atoms with Crippen molar-refractivity contribution >= 4 is 21.8 Å². The van der Waals surface area contributed by atoms with Crippen LogP contribution >= 0.6 is 15.9 Å². The molecule has 1 aliphatic heterocycles. The van der Waals surface area contributed by atoms with E-state index >= 15 is 0 Å². The molecule has 1 aromatic rings. The van der Waals surface area contributed by atoms with Crippen LogP contribution in [0.4, 0.5) is 0 Å². The number of rotatable bonds is 6. The number of fused-ring (bicyclic) bond motifs is 1. The Kier molecular flexibility index (Phi) is 5.89. The quantitative estimate of drug-likeness (QED) is 0.622. The van der Waals surface area contributed by atoms with Crippen molar-refractivity contribution in [2.45, 2.75) is 43.9 Å². The highest BCUT2D eigenvalue weighted by atomic mass is 79.9. The number of hydrogen-bond donors (Lipinski definition) is 1. The minimum Gasteiger partial charge on any atom is -0.491 e. The molecule has 20 heavy (non-hydrogen) atoms. The number of unbranched alkanes of at least 4 members (excludes halogenated alkanes) is 3. The summed E-state index contributed by atoms with van der Waals surface area (Å²) in [5.74, 6) is 0.652. The van der Waals surface area contributed by atoms with Crippen molar-refractivity contribution in [2.75, 3.05) is 13.2 Å². The molecule has 1 heterocycles. The minimum absolute atomic E-state index is 0.0370. The molecule has 1 amide bonds. The summed E-state index contributed by atoms with van der Waals surface area (Å²) in [5.41, 5.74) is 1.80. The lowest BCUT2D eigenvalue weighted by molar-refractivity contribution is 0.0957. The standard InChI is InChI=1S/C16H22BrNO2/c1-2-3-4-5-6-14(17)12-7-8-15-13(11-12)16(19)18-9-10-20-15/h7-8,11,14H,2-6,9-10H2,1H3,(H,18,19). The van der Waals surface area contributed by atoms with E-state index in [2.05, 4.69) is 34.2 Å². The van der Waals surface area contributed by atoms with Gasteiger partial charge in [0.2, 0.25) is 0 Å². The molecule has 0 aliphatic carbocycles. The van der Waals surface area contributed by atoms with Crippen LogP contribution in [0, 0.1) is 0 Å². The lowest BCUT2D eigenvalue weighted by Crippen LogP contribution is -2.24. The number of ether oxygens (including phenoxy) is 1. The number of amides is 1. The highest BCUT2D eigenvalue weighted by Crippen LogP contribution is 2.32. The Morgan fingerprint density at radius 2 is 2.20 bits per heavy atom. The molecule has 0 fully saturated rings. The van der Waals surface area contributed by atoms with Crippen LogP contribution in [-0.2, 0) is 0 Å². The molecule has 0 spiro atoms. The average Bonchev–Trinajstić information content (AvgIpc) is 2.65. The first-order valence-electron chi connectivity index (χ1n) is 7.41. The Hall–Kier alpha value is -1.03. The first-order chi connectivity index (χ1) is 9.72. The molecule has 1 N–H and O–H groups in total. The van der Waals surface area contributed by atoms with Gasteiger partial charge in [0.1, 0.15) is 12.4 Å². The molecule has 0 saturated heterocycles. The van der Waals surface area contributed by atoms with Gasteiger partial charge in [-0.25, -0.2) is 0 Å². The Balaban J connectivity index is 2.04. The monoisotopic (exact) mass is 339 g/mol. The third-order valence-electron chi connectivity index (χ3n) is 3.57. The molecule has 0 aromatic heterocycles. The van der Waals surface area contributed by atoms with Gasteiger partial charge in [-0.1, -0.05) is 54.6 Å². The Labute approximate surface area is 129 Å². The van der Waals surface area contributed by atoms with E-state index in [1.54, 1.807) is 0 Å². The average molecular weight is 340 g/mol.